The van der Waals surface area contributed by atoms with E-state index in [2.05, 4.69) is 95.3 Å². The lowest BCUT2D eigenvalue weighted by Gasteiger charge is -2.72. The lowest BCUT2D eigenvalue weighted by atomic mass is 9.33. The molecule has 2 N–H and O–H groups in total. The number of aromatic nitrogens is 1. The van der Waals surface area contributed by atoms with Crippen molar-refractivity contribution >= 4 is 23.1 Å². The molecule has 322 valence electrons. The summed E-state index contributed by atoms with van der Waals surface area (Å²) in [4.78, 5) is 16.5. The summed E-state index contributed by atoms with van der Waals surface area (Å²) in [6, 6.07) is 1.88. The van der Waals surface area contributed by atoms with Crippen LogP contribution in [0.2, 0.25) is 0 Å². The van der Waals surface area contributed by atoms with Crippen LogP contribution >= 0.6 is 11.5 Å². The van der Waals surface area contributed by atoms with Crippen molar-refractivity contribution in [2.75, 3.05) is 32.8 Å². The number of fused-ring (bicyclic) bond motifs is 7. The van der Waals surface area contributed by atoms with Crippen LogP contribution < -0.4 is 10.1 Å². The molecule has 1 heterocycles. The molecule has 6 aliphatic rings. The first kappa shape index (κ1) is 43.9. The summed E-state index contributed by atoms with van der Waals surface area (Å²) in [5, 5.41) is 14.9. The van der Waals surface area contributed by atoms with Crippen LogP contribution in [-0.2, 0) is 4.79 Å². The van der Waals surface area contributed by atoms with Crippen molar-refractivity contribution in [1.82, 2.24) is 14.6 Å². The normalized spacial score (nSPS) is 39.1. The number of allylic oxidation sites excluding steroid dienone is 6. The molecule has 10 atom stereocenters. The summed E-state index contributed by atoms with van der Waals surface area (Å²) in [6.45, 7) is 35.7. The molecule has 58 heavy (non-hydrogen) atoms. The Kier molecular flexibility index (Phi) is 12.3. The molecule has 4 fully saturated rings. The van der Waals surface area contributed by atoms with Gasteiger partial charge in [-0.1, -0.05) is 79.3 Å². The lowest BCUT2D eigenvalue weighted by molar-refractivity contribution is -0.221. The first-order valence-corrected chi connectivity index (χ1v) is 24.2. The highest BCUT2D eigenvalue weighted by Gasteiger charge is 2.70. The average Bonchev–Trinajstić information content (AvgIpc) is 3.81. The fourth-order valence-electron chi connectivity index (χ4n) is 15.3. The van der Waals surface area contributed by atoms with Crippen molar-refractivity contribution in [3.63, 3.8) is 0 Å². The molecular formula is C51H79N3O3S. The fourth-order valence-corrected chi connectivity index (χ4v) is 15.9. The summed E-state index contributed by atoms with van der Waals surface area (Å²) in [5.74, 6) is 3.08. The number of carboxylic acid groups (broad SMARTS) is 1. The van der Waals surface area contributed by atoms with E-state index in [1.54, 1.807) is 0 Å². The zero-order valence-corrected chi connectivity index (χ0v) is 38.9. The first-order valence-electron chi connectivity index (χ1n) is 23.4. The number of nitrogens with zero attached hydrogens (tertiary/aromatic N) is 2. The van der Waals surface area contributed by atoms with Crippen LogP contribution in [0.3, 0.4) is 0 Å². The summed E-state index contributed by atoms with van der Waals surface area (Å²) in [7, 11) is 0. The highest BCUT2D eigenvalue weighted by Crippen LogP contribution is 2.76. The molecule has 0 aromatic carbocycles. The van der Waals surface area contributed by atoms with Gasteiger partial charge in [0, 0.05) is 24.7 Å². The van der Waals surface area contributed by atoms with Crippen LogP contribution in [0.5, 0.6) is 5.88 Å². The van der Waals surface area contributed by atoms with Gasteiger partial charge in [-0.15, -0.1) is 0 Å². The third-order valence-corrected chi connectivity index (χ3v) is 19.4. The van der Waals surface area contributed by atoms with E-state index in [1.807, 2.05) is 13.0 Å². The number of ether oxygens (including phenoxy) is 1. The Morgan fingerprint density at radius 2 is 1.66 bits per heavy atom. The second-order valence-corrected chi connectivity index (χ2v) is 22.6. The van der Waals surface area contributed by atoms with Gasteiger partial charge in [0.2, 0.25) is 5.88 Å². The van der Waals surface area contributed by atoms with Gasteiger partial charge < -0.3 is 20.1 Å². The van der Waals surface area contributed by atoms with E-state index in [1.165, 1.54) is 106 Å². The minimum Gasteiger partial charge on any atom is -0.481 e. The van der Waals surface area contributed by atoms with Gasteiger partial charge >= 0.3 is 5.97 Å². The van der Waals surface area contributed by atoms with E-state index in [-0.39, 0.29) is 23.0 Å². The molecule has 0 amide bonds. The number of carbonyl (C=O) groups is 1. The van der Waals surface area contributed by atoms with Gasteiger partial charge in [0.15, 0.2) is 0 Å². The Hall–Kier alpha value is -2.22. The third-order valence-electron chi connectivity index (χ3n) is 18.4. The topological polar surface area (TPSA) is 74.7 Å². The number of rotatable bonds is 15. The molecule has 0 spiro atoms. The molecule has 0 saturated heterocycles. The number of nitrogens with one attached hydrogen (secondary N) is 1. The SMILES string of the molecule is C=C(C)c1cc(OCC2(C(=O)O)CC=C(C3=CC[C@]4(C)C5CC[C@@H]6[C@H]7[C@H](C(=C)C)CC[C@]7(NCCN(CCC)CCC)CC[C@@]6(C)[C@]5(C)CC[C@H]4C3(C)C)CC2)ns1. The van der Waals surface area contributed by atoms with Crippen molar-refractivity contribution in [3.05, 3.63) is 53.0 Å². The second-order valence-electron chi connectivity index (χ2n) is 21.8. The second kappa shape index (κ2) is 16.2. The van der Waals surface area contributed by atoms with Gasteiger partial charge in [-0.05, 0) is 196 Å². The van der Waals surface area contributed by atoms with E-state index in [0.29, 0.717) is 53.2 Å². The maximum Gasteiger partial charge on any atom is 0.313 e. The fraction of sp³-hybridized carbons (Fsp3) is 0.765. The monoisotopic (exact) mass is 814 g/mol. The maximum absolute atomic E-state index is 12.8. The van der Waals surface area contributed by atoms with Gasteiger partial charge in [0.05, 0.1) is 4.88 Å². The zero-order valence-electron chi connectivity index (χ0n) is 38.0. The molecule has 7 heteroatoms. The molecule has 0 radical (unpaired) electrons. The van der Waals surface area contributed by atoms with Gasteiger partial charge in [0.1, 0.15) is 12.0 Å². The quantitative estimate of drug-likeness (QED) is 0.172. The Labute approximate surface area is 357 Å². The molecule has 1 aromatic heterocycles. The number of carboxylic acids is 1. The first-order chi connectivity index (χ1) is 27.4. The smallest absolute Gasteiger partial charge is 0.313 e. The molecular weight excluding hydrogens is 735 g/mol. The third kappa shape index (κ3) is 7.15. The largest absolute Gasteiger partial charge is 0.481 e. The predicted molar refractivity (Wildman–Crippen MR) is 242 cm³/mol. The maximum atomic E-state index is 12.8. The molecule has 4 saturated carbocycles. The summed E-state index contributed by atoms with van der Waals surface area (Å²) in [5.41, 5.74) is 5.45. The summed E-state index contributed by atoms with van der Waals surface area (Å²) in [6.07, 6.45) is 20.9. The van der Waals surface area contributed by atoms with Crippen molar-refractivity contribution in [3.8, 4) is 5.88 Å². The van der Waals surface area contributed by atoms with Gasteiger partial charge in [-0.25, -0.2) is 0 Å². The number of hydrogen-bond donors (Lipinski definition) is 2. The minimum atomic E-state index is -0.939. The van der Waals surface area contributed by atoms with E-state index in [0.717, 1.165) is 42.3 Å². The van der Waals surface area contributed by atoms with Crippen LogP contribution in [0, 0.1) is 56.7 Å². The van der Waals surface area contributed by atoms with Crippen LogP contribution in [-0.4, -0.2) is 58.7 Å². The van der Waals surface area contributed by atoms with E-state index in [9.17, 15) is 9.90 Å². The van der Waals surface area contributed by atoms with Crippen molar-refractivity contribution in [1.29, 1.82) is 0 Å². The molecule has 0 bridgehead atoms. The highest BCUT2D eigenvalue weighted by molar-refractivity contribution is 7.07. The van der Waals surface area contributed by atoms with Gasteiger partial charge in [-0.3, -0.25) is 4.79 Å². The van der Waals surface area contributed by atoms with Gasteiger partial charge in [-0.2, -0.15) is 4.37 Å². The standard InChI is InChI=1S/C51H79N3O3S/c1-12-29-54(30-13-2)31-28-52-51-25-18-37(34(3)4)44(51)39-14-15-42-47(9)21-19-38(46(7,8)41(47)20-22-49(42,11)48(39,10)26-27-51)36-16-23-50(24-17-36,45(55)56)33-57-43-32-40(35(5)6)58-53-43/h16,19,32,37,39,41-42,44,52H,3,5,12-15,17-18,20-31,33H2,1-2,4,6-11H3,(H,55,56)/t37-,39+,41-,42?,44+,47-,48+,49+,50?,51-/m0/s1. The highest BCUT2D eigenvalue weighted by atomic mass is 32.1. The van der Waals surface area contributed by atoms with Crippen molar-refractivity contribution in [2.45, 2.75) is 158 Å². The van der Waals surface area contributed by atoms with E-state index >= 15 is 0 Å². The Bertz CT molecular complexity index is 1790. The summed E-state index contributed by atoms with van der Waals surface area (Å²) >= 11 is 1.35. The molecule has 6 aliphatic carbocycles. The van der Waals surface area contributed by atoms with E-state index in [4.69, 9.17) is 4.74 Å². The predicted octanol–water partition coefficient (Wildman–Crippen LogP) is 12.4. The molecule has 2 unspecified atom stereocenters. The molecule has 0 aliphatic heterocycles. The van der Waals surface area contributed by atoms with Gasteiger partial charge in [0.25, 0.3) is 0 Å². The van der Waals surface area contributed by atoms with E-state index < -0.39 is 11.4 Å². The van der Waals surface area contributed by atoms with Crippen LogP contribution in [0.15, 0.2) is 48.1 Å². The van der Waals surface area contributed by atoms with Crippen LogP contribution in [0.1, 0.15) is 157 Å². The minimum absolute atomic E-state index is 0.0305. The molecule has 7 rings (SSSR count). The van der Waals surface area contributed by atoms with Crippen LogP contribution in [0.4, 0.5) is 0 Å². The number of aliphatic carboxylic acids is 1. The lowest BCUT2D eigenvalue weighted by Crippen LogP contribution is -2.68. The molecule has 1 aromatic rings. The number of hydrogen-bond acceptors (Lipinski definition) is 6. The van der Waals surface area contributed by atoms with Crippen molar-refractivity contribution < 1.29 is 14.6 Å². The Balaban J connectivity index is 1.10. The van der Waals surface area contributed by atoms with Crippen molar-refractivity contribution in [2.24, 2.45) is 56.7 Å². The Morgan fingerprint density at radius 1 is 0.914 bits per heavy atom. The zero-order chi connectivity index (χ0) is 41.9. The van der Waals surface area contributed by atoms with Crippen LogP contribution in [0.25, 0.3) is 5.57 Å². The Morgan fingerprint density at radius 3 is 2.28 bits per heavy atom. The summed E-state index contributed by atoms with van der Waals surface area (Å²) < 4.78 is 10.5. The average molecular weight is 814 g/mol. The molecule has 6 nitrogen and oxygen atoms in total.